The van der Waals surface area contributed by atoms with E-state index < -0.39 is 34.5 Å². The van der Waals surface area contributed by atoms with Gasteiger partial charge in [-0.3, -0.25) is 14.4 Å². The van der Waals surface area contributed by atoms with Crippen molar-refractivity contribution in [1.29, 1.82) is 0 Å². The summed E-state index contributed by atoms with van der Waals surface area (Å²) in [4.78, 5) is 47.3. The van der Waals surface area contributed by atoms with E-state index in [-0.39, 0.29) is 5.78 Å². The van der Waals surface area contributed by atoms with Crippen LogP contribution in [0.1, 0.15) is 22.3 Å². The van der Waals surface area contributed by atoms with E-state index >= 15 is 14.4 Å². The molecule has 2 bridgehead atoms. The number of Topliss-reactive ketones (excluding diaryl/α,β-unsaturated/α-hetero) is 1. The van der Waals surface area contributed by atoms with E-state index in [2.05, 4.69) is 15.9 Å². The van der Waals surface area contributed by atoms with Crippen molar-refractivity contribution in [3.63, 3.8) is 0 Å². The van der Waals surface area contributed by atoms with E-state index in [0.717, 1.165) is 22.3 Å². The summed E-state index contributed by atoms with van der Waals surface area (Å²) < 4.78 is 0.607. The van der Waals surface area contributed by atoms with Crippen LogP contribution in [-0.2, 0) is 25.2 Å². The molecule has 0 aromatic heterocycles. The molecule has 1 heterocycles. The predicted molar refractivity (Wildman–Crippen MR) is 185 cm³/mol. The second-order valence-electron chi connectivity index (χ2n) is 11.9. The Kier molecular flexibility index (Phi) is 6.73. The van der Waals surface area contributed by atoms with Crippen LogP contribution in [0.5, 0.6) is 0 Å². The van der Waals surface area contributed by atoms with Crippen LogP contribution in [0.15, 0.2) is 138 Å². The number of halogens is 3. The van der Waals surface area contributed by atoms with Crippen LogP contribution >= 0.6 is 39.1 Å². The number of rotatable bonds is 5. The minimum atomic E-state index is -1.51. The highest BCUT2D eigenvalue weighted by Crippen LogP contribution is 2.74. The zero-order valence-electron chi connectivity index (χ0n) is 24.2. The van der Waals surface area contributed by atoms with Crippen molar-refractivity contribution in [2.45, 2.75) is 10.8 Å². The molecule has 0 unspecified atom stereocenters. The fraction of sp³-hybridized carbons (Fsp3) is 0.103. The molecular formula is C39H24BrCl2NO3. The van der Waals surface area contributed by atoms with E-state index in [0.29, 0.717) is 31.3 Å². The first-order chi connectivity index (χ1) is 22.3. The van der Waals surface area contributed by atoms with Crippen molar-refractivity contribution in [2.24, 2.45) is 11.8 Å². The minimum absolute atomic E-state index is 0.203. The molecule has 0 N–H and O–H groups in total. The largest absolute Gasteiger partial charge is 0.297 e. The molecule has 5 aromatic rings. The zero-order valence-corrected chi connectivity index (χ0v) is 27.3. The van der Waals surface area contributed by atoms with E-state index in [1.807, 2.05) is 91.0 Å². The maximum absolute atomic E-state index is 15.9. The Morgan fingerprint density at radius 2 is 0.913 bits per heavy atom. The Hall–Kier alpha value is -4.29. The van der Waals surface area contributed by atoms with Gasteiger partial charge in [0.15, 0.2) is 5.78 Å². The molecule has 2 amide bonds. The number of carbonyl (C=O) groups is 3. The minimum Gasteiger partial charge on any atom is -0.297 e. The zero-order chi connectivity index (χ0) is 31.8. The van der Waals surface area contributed by atoms with Crippen LogP contribution in [0, 0.1) is 11.8 Å². The number of fused-ring (bicyclic) bond motifs is 5. The Balaban J connectivity index is 1.57. The normalized spacial score (nSPS) is 25.0. The highest BCUT2D eigenvalue weighted by Gasteiger charge is 2.82. The summed E-state index contributed by atoms with van der Waals surface area (Å²) in [6, 6.07) is 40.9. The van der Waals surface area contributed by atoms with Gasteiger partial charge in [0.1, 0.15) is 0 Å². The standard InChI is InChI=1S/C39H24BrCl2NO3/c40-29-13-7-8-14-30(29)43-35(44)33-34(36(43)45)39(26-17-21-28(42)22-18-26)32(24-11-5-2-6-12-24)31(23-9-3-1-4-10-23)38(33,37(39)46)25-15-19-27(41)20-16-25/h1-22,33-34H/t33-,34-,38-,39-/m0/s1. The summed E-state index contributed by atoms with van der Waals surface area (Å²) in [5.74, 6) is -3.09. The van der Waals surface area contributed by atoms with E-state index in [1.165, 1.54) is 4.90 Å². The number of ketones is 1. The number of hydrogen-bond donors (Lipinski definition) is 0. The summed E-state index contributed by atoms with van der Waals surface area (Å²) in [6.45, 7) is 0. The third-order valence-corrected chi connectivity index (χ3v) is 11.0. The second kappa shape index (κ2) is 10.6. The summed E-state index contributed by atoms with van der Waals surface area (Å²) >= 11 is 16.4. The molecule has 1 saturated heterocycles. The van der Waals surface area contributed by atoms with Gasteiger partial charge in [-0.2, -0.15) is 0 Å². The van der Waals surface area contributed by atoms with Gasteiger partial charge in [0.2, 0.25) is 11.8 Å². The van der Waals surface area contributed by atoms with Crippen molar-refractivity contribution in [2.75, 3.05) is 4.90 Å². The quantitative estimate of drug-likeness (QED) is 0.172. The van der Waals surface area contributed by atoms with Crippen LogP contribution in [0.25, 0.3) is 11.1 Å². The number of anilines is 1. The lowest BCUT2D eigenvalue weighted by atomic mass is 9.59. The molecule has 8 rings (SSSR count). The van der Waals surface area contributed by atoms with Crippen LogP contribution in [0.3, 0.4) is 0 Å². The third kappa shape index (κ3) is 3.71. The average Bonchev–Trinajstić information content (AvgIpc) is 3.58. The molecule has 5 aromatic carbocycles. The predicted octanol–water partition coefficient (Wildman–Crippen LogP) is 8.94. The molecule has 1 saturated carbocycles. The summed E-state index contributed by atoms with van der Waals surface area (Å²) in [5, 5.41) is 1.00. The van der Waals surface area contributed by atoms with Gasteiger partial charge in [-0.15, -0.1) is 0 Å². The number of benzene rings is 5. The van der Waals surface area contributed by atoms with Crippen LogP contribution < -0.4 is 4.90 Å². The topological polar surface area (TPSA) is 54.5 Å². The van der Waals surface area contributed by atoms with E-state index in [1.54, 1.807) is 42.5 Å². The molecule has 2 aliphatic carbocycles. The van der Waals surface area contributed by atoms with Crippen molar-refractivity contribution >= 4 is 73.6 Å². The summed E-state index contributed by atoms with van der Waals surface area (Å²) in [5.41, 5.74) is 1.71. The van der Waals surface area contributed by atoms with Gasteiger partial charge in [-0.25, -0.2) is 4.90 Å². The first-order valence-electron chi connectivity index (χ1n) is 14.9. The number of nitrogens with zero attached hydrogens (tertiary/aromatic N) is 1. The molecule has 4 nitrogen and oxygen atoms in total. The lowest BCUT2D eigenvalue weighted by molar-refractivity contribution is -0.130. The Labute approximate surface area is 284 Å². The Morgan fingerprint density at radius 3 is 1.33 bits per heavy atom. The molecule has 3 aliphatic rings. The average molecular weight is 705 g/mol. The van der Waals surface area contributed by atoms with Gasteiger partial charge in [-0.1, -0.05) is 120 Å². The van der Waals surface area contributed by atoms with Crippen LogP contribution in [-0.4, -0.2) is 17.6 Å². The van der Waals surface area contributed by atoms with Crippen molar-refractivity contribution in [3.8, 4) is 0 Å². The number of hydrogen-bond acceptors (Lipinski definition) is 3. The molecular weight excluding hydrogens is 681 g/mol. The van der Waals surface area contributed by atoms with E-state index in [9.17, 15) is 0 Å². The Bertz CT molecular complexity index is 1970. The van der Waals surface area contributed by atoms with Crippen LogP contribution in [0.4, 0.5) is 5.69 Å². The fourth-order valence-corrected chi connectivity index (χ4v) is 8.94. The molecule has 0 radical (unpaired) electrons. The SMILES string of the molecule is O=C1[C@@H]2[C@@H](C(=O)N1c1ccccc1Br)[C@@]1(c3ccc(Cl)cc3)C(=O)[C@@]2(c2ccc(Cl)cc2)C(c2ccccc2)=C1c1ccccc1. The maximum Gasteiger partial charge on any atom is 0.239 e. The number of amides is 2. The second-order valence-corrected chi connectivity index (χ2v) is 13.6. The highest BCUT2D eigenvalue weighted by atomic mass is 79.9. The molecule has 224 valence electrons. The van der Waals surface area contributed by atoms with Crippen molar-refractivity contribution in [3.05, 3.63) is 170 Å². The van der Waals surface area contributed by atoms with Gasteiger partial charge in [0.25, 0.3) is 0 Å². The third-order valence-electron chi connectivity index (χ3n) is 9.81. The number of carbonyl (C=O) groups excluding carboxylic acids is 3. The van der Waals surface area contributed by atoms with Gasteiger partial charge in [0.05, 0.1) is 28.4 Å². The molecule has 1 aliphatic heterocycles. The lowest BCUT2D eigenvalue weighted by Gasteiger charge is -2.39. The van der Waals surface area contributed by atoms with E-state index in [4.69, 9.17) is 23.2 Å². The Morgan fingerprint density at radius 1 is 0.522 bits per heavy atom. The molecule has 7 heteroatoms. The van der Waals surface area contributed by atoms with Crippen molar-refractivity contribution < 1.29 is 14.4 Å². The highest BCUT2D eigenvalue weighted by molar-refractivity contribution is 9.10. The van der Waals surface area contributed by atoms with Gasteiger partial charge in [0, 0.05) is 14.5 Å². The van der Waals surface area contributed by atoms with Gasteiger partial charge >= 0.3 is 0 Å². The number of imide groups is 1. The number of allylic oxidation sites excluding steroid dienone is 2. The summed E-state index contributed by atoms with van der Waals surface area (Å²) in [6.07, 6.45) is 0. The van der Waals surface area contributed by atoms with Crippen LogP contribution in [0.2, 0.25) is 10.0 Å². The number of para-hydroxylation sites is 1. The summed E-state index contributed by atoms with van der Waals surface area (Å²) in [7, 11) is 0. The first-order valence-corrected chi connectivity index (χ1v) is 16.4. The van der Waals surface area contributed by atoms with Crippen molar-refractivity contribution in [1.82, 2.24) is 0 Å². The van der Waals surface area contributed by atoms with Gasteiger partial charge in [-0.05, 0) is 85.7 Å². The van der Waals surface area contributed by atoms with Gasteiger partial charge < -0.3 is 0 Å². The molecule has 4 atom stereocenters. The fourth-order valence-electron chi connectivity index (χ4n) is 8.23. The molecule has 0 spiro atoms. The first kappa shape index (κ1) is 29.1. The monoisotopic (exact) mass is 703 g/mol. The molecule has 46 heavy (non-hydrogen) atoms. The molecule has 2 fully saturated rings. The smallest absolute Gasteiger partial charge is 0.239 e. The lowest BCUT2D eigenvalue weighted by Crippen LogP contribution is -2.45. The maximum atomic E-state index is 15.9.